The van der Waals surface area contributed by atoms with Gasteiger partial charge in [-0.05, 0) is 28.8 Å². The molecule has 0 aromatic heterocycles. The second-order valence-electron chi connectivity index (χ2n) is 5.98. The summed E-state index contributed by atoms with van der Waals surface area (Å²) in [5.74, 6) is 0.858. The van der Waals surface area contributed by atoms with Crippen molar-refractivity contribution in [2.45, 2.75) is 19.3 Å². The molecule has 3 rings (SSSR count). The van der Waals surface area contributed by atoms with Gasteiger partial charge in [0, 0.05) is 13.1 Å². The van der Waals surface area contributed by atoms with E-state index in [1.807, 2.05) is 72.8 Å². The molecule has 3 nitrogen and oxygen atoms in total. The third-order valence-corrected chi connectivity index (χ3v) is 4.02. The van der Waals surface area contributed by atoms with E-state index in [2.05, 4.69) is 17.4 Å². The molecule has 0 amide bonds. The third kappa shape index (κ3) is 6.19. The van der Waals surface area contributed by atoms with Crippen LogP contribution in [0.2, 0.25) is 0 Å². The van der Waals surface area contributed by atoms with Gasteiger partial charge >= 0.3 is 0 Å². The maximum atomic E-state index is 10.1. The standard InChI is InChI=1S/C22H23NO2.ClH/c24-22(20-9-5-2-6-10-20)16-23-15-18-11-13-21(14-12-18)25-17-19-7-3-1-4-8-19;/h1-14,22-24H,15-17H2;1H. The second-order valence-corrected chi connectivity index (χ2v) is 5.98. The molecule has 0 heterocycles. The Morgan fingerprint density at radius 3 is 2.04 bits per heavy atom. The van der Waals surface area contributed by atoms with Crippen molar-refractivity contribution in [1.29, 1.82) is 0 Å². The molecule has 26 heavy (non-hydrogen) atoms. The fraction of sp³-hybridized carbons (Fsp3) is 0.182. The lowest BCUT2D eigenvalue weighted by molar-refractivity contribution is 0.174. The van der Waals surface area contributed by atoms with E-state index < -0.39 is 6.10 Å². The second kappa shape index (κ2) is 10.6. The molecule has 0 bridgehead atoms. The van der Waals surface area contributed by atoms with Crippen LogP contribution in [0, 0.1) is 0 Å². The van der Waals surface area contributed by atoms with Gasteiger partial charge in [0.1, 0.15) is 12.4 Å². The topological polar surface area (TPSA) is 41.5 Å². The summed E-state index contributed by atoms with van der Waals surface area (Å²) in [6.45, 7) is 1.81. The van der Waals surface area contributed by atoms with Gasteiger partial charge in [0.25, 0.3) is 0 Å². The van der Waals surface area contributed by atoms with Gasteiger partial charge in [-0.25, -0.2) is 0 Å². The Hall–Kier alpha value is -2.33. The summed E-state index contributed by atoms with van der Waals surface area (Å²) in [5, 5.41) is 13.4. The molecule has 0 fully saturated rings. The molecular weight excluding hydrogens is 346 g/mol. The van der Waals surface area contributed by atoms with E-state index >= 15 is 0 Å². The summed E-state index contributed by atoms with van der Waals surface area (Å²) in [5.41, 5.74) is 3.25. The molecule has 0 spiro atoms. The summed E-state index contributed by atoms with van der Waals surface area (Å²) >= 11 is 0. The van der Waals surface area contributed by atoms with Crippen LogP contribution in [0.3, 0.4) is 0 Å². The number of ether oxygens (including phenoxy) is 1. The molecule has 0 radical (unpaired) electrons. The van der Waals surface area contributed by atoms with E-state index in [0.29, 0.717) is 19.7 Å². The largest absolute Gasteiger partial charge is 0.489 e. The van der Waals surface area contributed by atoms with Crippen LogP contribution in [0.25, 0.3) is 0 Å². The molecule has 1 atom stereocenters. The van der Waals surface area contributed by atoms with E-state index in [-0.39, 0.29) is 12.4 Å². The lowest BCUT2D eigenvalue weighted by Gasteiger charge is -2.12. The van der Waals surface area contributed by atoms with Crippen molar-refractivity contribution >= 4 is 12.4 Å². The number of nitrogens with one attached hydrogen (secondary N) is 1. The normalized spacial score (nSPS) is 11.4. The maximum absolute atomic E-state index is 10.1. The van der Waals surface area contributed by atoms with Crippen LogP contribution >= 0.6 is 12.4 Å². The number of hydrogen-bond donors (Lipinski definition) is 2. The zero-order chi connectivity index (χ0) is 17.3. The summed E-state index contributed by atoms with van der Waals surface area (Å²) in [7, 11) is 0. The number of benzene rings is 3. The van der Waals surface area contributed by atoms with Crippen molar-refractivity contribution < 1.29 is 9.84 Å². The first-order chi connectivity index (χ1) is 12.3. The third-order valence-electron chi connectivity index (χ3n) is 4.02. The van der Waals surface area contributed by atoms with Crippen molar-refractivity contribution in [3.05, 3.63) is 102 Å². The van der Waals surface area contributed by atoms with E-state index in [0.717, 1.165) is 22.4 Å². The summed E-state index contributed by atoms with van der Waals surface area (Å²) in [4.78, 5) is 0. The Kier molecular flexibility index (Phi) is 8.16. The Labute approximate surface area is 161 Å². The molecule has 136 valence electrons. The molecule has 0 saturated heterocycles. The van der Waals surface area contributed by atoms with Crippen LogP contribution in [0.15, 0.2) is 84.9 Å². The lowest BCUT2D eigenvalue weighted by Crippen LogP contribution is -2.20. The Morgan fingerprint density at radius 1 is 0.769 bits per heavy atom. The number of hydrogen-bond acceptors (Lipinski definition) is 3. The molecule has 2 N–H and O–H groups in total. The van der Waals surface area contributed by atoms with Crippen molar-refractivity contribution in [2.24, 2.45) is 0 Å². The molecule has 0 aliphatic rings. The van der Waals surface area contributed by atoms with Gasteiger partial charge in [0.05, 0.1) is 6.10 Å². The zero-order valence-electron chi connectivity index (χ0n) is 14.5. The Morgan fingerprint density at radius 2 is 1.38 bits per heavy atom. The number of aliphatic hydroxyl groups excluding tert-OH is 1. The predicted octanol–water partition coefficient (Wildman–Crippen LogP) is 4.51. The van der Waals surface area contributed by atoms with Crippen molar-refractivity contribution in [3.63, 3.8) is 0 Å². The number of aliphatic hydroxyl groups is 1. The highest BCUT2D eigenvalue weighted by Gasteiger charge is 2.05. The fourth-order valence-electron chi connectivity index (χ4n) is 2.59. The predicted molar refractivity (Wildman–Crippen MR) is 108 cm³/mol. The molecule has 1 unspecified atom stereocenters. The van der Waals surface area contributed by atoms with Gasteiger partial charge < -0.3 is 15.2 Å². The van der Waals surface area contributed by atoms with Gasteiger partial charge in [-0.3, -0.25) is 0 Å². The highest BCUT2D eigenvalue weighted by molar-refractivity contribution is 5.85. The van der Waals surface area contributed by atoms with Crippen molar-refractivity contribution in [1.82, 2.24) is 5.32 Å². The van der Waals surface area contributed by atoms with E-state index in [1.54, 1.807) is 0 Å². The smallest absolute Gasteiger partial charge is 0.119 e. The first-order valence-corrected chi connectivity index (χ1v) is 8.50. The van der Waals surface area contributed by atoms with Crippen molar-refractivity contribution in [3.8, 4) is 5.75 Å². The average Bonchev–Trinajstić information content (AvgIpc) is 2.69. The van der Waals surface area contributed by atoms with Gasteiger partial charge in [-0.15, -0.1) is 12.4 Å². The quantitative estimate of drug-likeness (QED) is 0.613. The summed E-state index contributed by atoms with van der Waals surface area (Å²) in [6.07, 6.45) is -0.491. The molecule has 0 aliphatic carbocycles. The van der Waals surface area contributed by atoms with Crippen LogP contribution < -0.4 is 10.1 Å². The van der Waals surface area contributed by atoms with Gasteiger partial charge in [0.2, 0.25) is 0 Å². The minimum absolute atomic E-state index is 0. The van der Waals surface area contributed by atoms with Crippen LogP contribution in [0.1, 0.15) is 22.8 Å². The molecule has 0 aliphatic heterocycles. The first kappa shape index (κ1) is 20.0. The van der Waals surface area contributed by atoms with E-state index in [4.69, 9.17) is 4.74 Å². The molecular formula is C22H24ClNO2. The molecule has 3 aromatic rings. The van der Waals surface area contributed by atoms with Crippen LogP contribution in [0.4, 0.5) is 0 Å². The zero-order valence-corrected chi connectivity index (χ0v) is 15.4. The first-order valence-electron chi connectivity index (χ1n) is 8.50. The molecule has 0 saturated carbocycles. The lowest BCUT2D eigenvalue weighted by atomic mass is 10.1. The van der Waals surface area contributed by atoms with E-state index in [1.165, 1.54) is 0 Å². The average molecular weight is 370 g/mol. The minimum Gasteiger partial charge on any atom is -0.489 e. The Balaban J connectivity index is 0.00000243. The van der Waals surface area contributed by atoms with Crippen molar-refractivity contribution in [2.75, 3.05) is 6.54 Å². The number of rotatable bonds is 8. The maximum Gasteiger partial charge on any atom is 0.119 e. The minimum atomic E-state index is -0.491. The highest BCUT2D eigenvalue weighted by atomic mass is 35.5. The molecule has 3 aromatic carbocycles. The monoisotopic (exact) mass is 369 g/mol. The van der Waals surface area contributed by atoms with Gasteiger partial charge in [-0.2, -0.15) is 0 Å². The highest BCUT2D eigenvalue weighted by Crippen LogP contribution is 2.15. The SMILES string of the molecule is Cl.OC(CNCc1ccc(OCc2ccccc2)cc1)c1ccccc1. The summed E-state index contributed by atoms with van der Waals surface area (Å²) in [6, 6.07) is 27.9. The van der Waals surface area contributed by atoms with Gasteiger partial charge in [-0.1, -0.05) is 72.8 Å². The van der Waals surface area contributed by atoms with Crippen LogP contribution in [-0.2, 0) is 13.2 Å². The number of halogens is 1. The van der Waals surface area contributed by atoms with E-state index in [9.17, 15) is 5.11 Å². The molecule has 4 heteroatoms. The van der Waals surface area contributed by atoms with Crippen LogP contribution in [-0.4, -0.2) is 11.7 Å². The fourth-order valence-corrected chi connectivity index (χ4v) is 2.59. The van der Waals surface area contributed by atoms with Crippen LogP contribution in [0.5, 0.6) is 5.75 Å². The van der Waals surface area contributed by atoms with Gasteiger partial charge in [0.15, 0.2) is 0 Å². The Bertz CT molecular complexity index is 748. The summed E-state index contributed by atoms with van der Waals surface area (Å²) < 4.78 is 5.79.